The summed E-state index contributed by atoms with van der Waals surface area (Å²) in [6.45, 7) is 3.77. The molecule has 0 aliphatic carbocycles. The number of benzene rings is 3. The summed E-state index contributed by atoms with van der Waals surface area (Å²) in [5.74, 6) is 2.36. The molecular weight excluding hydrogens is 682 g/mol. The van der Waals surface area contributed by atoms with Crippen LogP contribution in [0.25, 0.3) is 27.9 Å². The Balaban J connectivity index is 1.62. The molecule has 0 aliphatic rings. The topological polar surface area (TPSA) is 132 Å². The fraction of sp³-hybridized carbons (Fsp3) is 0.242. The number of methoxy groups -OCH3 is 4. The molecule has 3 aromatic carbocycles. The van der Waals surface area contributed by atoms with Gasteiger partial charge in [-0.15, -0.1) is 0 Å². The molecule has 0 saturated carbocycles. The van der Waals surface area contributed by atoms with Crippen LogP contribution in [0.1, 0.15) is 19.4 Å². The van der Waals surface area contributed by atoms with E-state index in [4.69, 9.17) is 32.8 Å². The molecule has 1 heterocycles. The fourth-order valence-corrected chi connectivity index (χ4v) is 5.61. The predicted octanol–water partition coefficient (Wildman–Crippen LogP) is 7.06. The molecule has 242 valence electrons. The number of hydrogen-bond donors (Lipinski definition) is 1. The average Bonchev–Trinajstić information content (AvgIpc) is 3.06. The summed E-state index contributed by atoms with van der Waals surface area (Å²) in [4.78, 5) is 36.9. The Morgan fingerprint density at radius 2 is 1.57 bits per heavy atom. The SMILES string of the molecule is COc1cc(OC)c2c(=O)c(OCCOc3ccc(/C(C)=C(/C)SC(=O)NC=O)cc3Br)c(-c3ccc(OC)c(OC)c3)oc2c1. The maximum absolute atomic E-state index is 13.9. The maximum atomic E-state index is 13.9. The van der Waals surface area contributed by atoms with Crippen LogP contribution in [0.3, 0.4) is 0 Å². The maximum Gasteiger partial charge on any atom is 0.289 e. The quantitative estimate of drug-likeness (QED) is 0.113. The zero-order chi connectivity index (χ0) is 33.4. The van der Waals surface area contributed by atoms with Crippen molar-refractivity contribution in [2.75, 3.05) is 41.7 Å². The van der Waals surface area contributed by atoms with Gasteiger partial charge in [-0.3, -0.25) is 19.7 Å². The highest BCUT2D eigenvalue weighted by Gasteiger charge is 2.23. The molecule has 0 fully saturated rings. The van der Waals surface area contributed by atoms with E-state index in [1.807, 2.05) is 19.1 Å². The molecule has 1 aromatic heterocycles. The van der Waals surface area contributed by atoms with Gasteiger partial charge in [0.25, 0.3) is 5.24 Å². The first-order valence-corrected chi connectivity index (χ1v) is 15.4. The van der Waals surface area contributed by atoms with E-state index in [0.29, 0.717) is 39.4 Å². The molecule has 0 unspecified atom stereocenters. The van der Waals surface area contributed by atoms with Crippen molar-refractivity contribution in [3.63, 3.8) is 0 Å². The number of fused-ring (bicyclic) bond motifs is 1. The molecule has 13 heteroatoms. The summed E-state index contributed by atoms with van der Waals surface area (Å²) >= 11 is 4.47. The minimum Gasteiger partial charge on any atom is -0.496 e. The summed E-state index contributed by atoms with van der Waals surface area (Å²) in [5, 5.41) is 1.85. The predicted molar refractivity (Wildman–Crippen MR) is 180 cm³/mol. The summed E-state index contributed by atoms with van der Waals surface area (Å²) in [6, 6.07) is 13.8. The zero-order valence-electron chi connectivity index (χ0n) is 26.0. The Labute approximate surface area is 277 Å². The number of hydrogen-bond acceptors (Lipinski definition) is 11. The average molecular weight is 715 g/mol. The summed E-state index contributed by atoms with van der Waals surface area (Å²) in [7, 11) is 6.00. The van der Waals surface area contributed by atoms with Crippen molar-refractivity contribution >= 4 is 55.9 Å². The third kappa shape index (κ3) is 7.60. The fourth-order valence-electron chi connectivity index (χ4n) is 4.46. The van der Waals surface area contributed by atoms with Crippen LogP contribution in [0.2, 0.25) is 0 Å². The molecule has 4 aromatic rings. The van der Waals surface area contributed by atoms with E-state index in [1.54, 1.807) is 43.3 Å². The smallest absolute Gasteiger partial charge is 0.289 e. The van der Waals surface area contributed by atoms with Gasteiger partial charge in [-0.1, -0.05) is 6.07 Å². The third-order valence-electron chi connectivity index (χ3n) is 6.90. The first kappa shape index (κ1) is 34.3. The van der Waals surface area contributed by atoms with Crippen molar-refractivity contribution in [3.05, 3.63) is 73.7 Å². The molecule has 11 nitrogen and oxygen atoms in total. The molecule has 0 aliphatic heterocycles. The van der Waals surface area contributed by atoms with E-state index in [0.717, 1.165) is 27.8 Å². The van der Waals surface area contributed by atoms with Gasteiger partial charge in [0.15, 0.2) is 17.3 Å². The van der Waals surface area contributed by atoms with Gasteiger partial charge in [0, 0.05) is 17.7 Å². The van der Waals surface area contributed by atoms with Crippen molar-refractivity contribution < 1.29 is 42.4 Å². The highest BCUT2D eigenvalue weighted by molar-refractivity contribution is 9.10. The number of carbonyl (C=O) groups is 2. The van der Waals surface area contributed by atoms with E-state index >= 15 is 0 Å². The molecule has 1 N–H and O–H groups in total. The Morgan fingerprint density at radius 3 is 2.22 bits per heavy atom. The molecular formula is C33H32BrNO10S. The van der Waals surface area contributed by atoms with Crippen LogP contribution in [0.5, 0.6) is 34.5 Å². The van der Waals surface area contributed by atoms with E-state index in [2.05, 4.69) is 21.2 Å². The number of rotatable bonds is 13. The van der Waals surface area contributed by atoms with Crippen molar-refractivity contribution in [2.45, 2.75) is 13.8 Å². The van der Waals surface area contributed by atoms with Crippen molar-refractivity contribution in [2.24, 2.45) is 0 Å². The standard InChI is InChI=1S/C33H32BrNO10S/c1-18(19(2)46-33(38)35-17-36)20-7-9-24(23(34)13-20)43-11-12-44-32-30(37)29-27(42-6)15-22(39-3)16-28(29)45-31(32)21-8-10-25(40-4)26(14-21)41-5/h7-10,13-17H,11-12H2,1-6H3,(H,35,36,38)/b19-18-. The zero-order valence-corrected chi connectivity index (χ0v) is 28.4. The van der Waals surface area contributed by atoms with E-state index in [9.17, 15) is 14.4 Å². The highest BCUT2D eigenvalue weighted by Crippen LogP contribution is 2.39. The second-order valence-corrected chi connectivity index (χ2v) is 11.6. The number of thioether (sulfide) groups is 1. The van der Waals surface area contributed by atoms with Gasteiger partial charge in [-0.2, -0.15) is 0 Å². The minimum absolute atomic E-state index is 0.00371. The number of allylic oxidation sites excluding steroid dienone is 2. The van der Waals surface area contributed by atoms with E-state index < -0.39 is 10.7 Å². The molecule has 0 bridgehead atoms. The lowest BCUT2D eigenvalue weighted by Gasteiger charge is -2.16. The Bertz CT molecular complexity index is 1850. The number of halogens is 1. The monoisotopic (exact) mass is 713 g/mol. The Morgan fingerprint density at radius 1 is 0.870 bits per heavy atom. The molecule has 0 atom stereocenters. The molecule has 0 saturated heterocycles. The van der Waals surface area contributed by atoms with Crippen LogP contribution >= 0.6 is 27.7 Å². The van der Waals surface area contributed by atoms with Crippen molar-refractivity contribution in [1.29, 1.82) is 0 Å². The number of carbonyl (C=O) groups excluding carboxylic acids is 2. The number of imide groups is 1. The number of nitrogens with one attached hydrogen (secondary N) is 1. The van der Waals surface area contributed by atoms with Crippen molar-refractivity contribution in [1.82, 2.24) is 5.32 Å². The minimum atomic E-state index is -0.459. The van der Waals surface area contributed by atoms with Crippen LogP contribution in [0.4, 0.5) is 4.79 Å². The lowest BCUT2D eigenvalue weighted by Crippen LogP contribution is -2.16. The Hall–Kier alpha value is -4.62. The van der Waals surface area contributed by atoms with Gasteiger partial charge in [0.2, 0.25) is 17.6 Å². The molecule has 46 heavy (non-hydrogen) atoms. The molecule has 2 amide bonds. The normalized spacial score (nSPS) is 11.4. The van der Waals surface area contributed by atoms with Crippen LogP contribution in [0, 0.1) is 0 Å². The second-order valence-electron chi connectivity index (χ2n) is 9.54. The van der Waals surface area contributed by atoms with Gasteiger partial charge in [0.05, 0.1) is 32.9 Å². The van der Waals surface area contributed by atoms with Crippen LogP contribution in [-0.2, 0) is 4.79 Å². The summed E-state index contributed by atoms with van der Waals surface area (Å²) in [6.07, 6.45) is 0.350. The molecule has 0 radical (unpaired) electrons. The van der Waals surface area contributed by atoms with Crippen LogP contribution in [0.15, 0.2) is 67.1 Å². The van der Waals surface area contributed by atoms with Gasteiger partial charge in [-0.25, -0.2) is 0 Å². The van der Waals surface area contributed by atoms with Gasteiger partial charge < -0.3 is 32.8 Å². The summed E-state index contributed by atoms with van der Waals surface area (Å²) < 4.78 is 40.6. The lowest BCUT2D eigenvalue weighted by atomic mass is 10.1. The van der Waals surface area contributed by atoms with E-state index in [1.165, 1.54) is 28.4 Å². The molecule has 0 spiro atoms. The van der Waals surface area contributed by atoms with Crippen LogP contribution < -0.4 is 39.2 Å². The van der Waals surface area contributed by atoms with Gasteiger partial charge in [-0.05, 0) is 87.9 Å². The Kier molecular flexibility index (Phi) is 11.6. The third-order valence-corrected chi connectivity index (χ3v) is 8.43. The summed E-state index contributed by atoms with van der Waals surface area (Å²) in [5.41, 5.74) is 2.06. The number of amides is 2. The second kappa shape index (κ2) is 15.6. The first-order valence-electron chi connectivity index (χ1n) is 13.8. The van der Waals surface area contributed by atoms with Crippen molar-refractivity contribution in [3.8, 4) is 45.8 Å². The largest absolute Gasteiger partial charge is 0.496 e. The van der Waals surface area contributed by atoms with E-state index in [-0.39, 0.29) is 41.4 Å². The number of ether oxygens (including phenoxy) is 6. The van der Waals surface area contributed by atoms with Gasteiger partial charge >= 0.3 is 0 Å². The molecule has 4 rings (SSSR count). The van der Waals surface area contributed by atoms with Crippen LogP contribution in [-0.4, -0.2) is 53.3 Å². The van der Waals surface area contributed by atoms with Gasteiger partial charge in [0.1, 0.15) is 41.4 Å². The highest BCUT2D eigenvalue weighted by atomic mass is 79.9. The first-order chi connectivity index (χ1) is 22.1. The lowest BCUT2D eigenvalue weighted by molar-refractivity contribution is -0.108.